The Balaban J connectivity index is 1.64. The molecule has 7 heteroatoms. The largest absolute Gasteiger partial charge is 0.467 e. The lowest BCUT2D eigenvalue weighted by Gasteiger charge is -2.25. The summed E-state index contributed by atoms with van der Waals surface area (Å²) in [5.74, 6) is 0.428. The SMILES string of the molecule is CN(Cc1ccco1)C(=O)CC1Sc2ccc(Cl)cc2NC1=O. The molecule has 3 rings (SSSR count). The summed E-state index contributed by atoms with van der Waals surface area (Å²) < 4.78 is 5.23. The molecule has 0 aliphatic carbocycles. The van der Waals surface area contributed by atoms with Crippen LogP contribution in [0.3, 0.4) is 0 Å². The van der Waals surface area contributed by atoms with Crippen LogP contribution in [0.4, 0.5) is 5.69 Å². The lowest BCUT2D eigenvalue weighted by molar-refractivity contribution is -0.132. The maximum atomic E-state index is 12.3. The van der Waals surface area contributed by atoms with E-state index in [1.807, 2.05) is 12.1 Å². The summed E-state index contributed by atoms with van der Waals surface area (Å²) in [7, 11) is 1.70. The molecule has 0 saturated heterocycles. The van der Waals surface area contributed by atoms with Crippen molar-refractivity contribution in [3.8, 4) is 0 Å². The topological polar surface area (TPSA) is 62.6 Å². The summed E-state index contributed by atoms with van der Waals surface area (Å²) in [5, 5.41) is 2.93. The van der Waals surface area contributed by atoms with Gasteiger partial charge in [0.1, 0.15) is 5.76 Å². The van der Waals surface area contributed by atoms with Crippen molar-refractivity contribution in [1.82, 2.24) is 4.90 Å². The zero-order valence-corrected chi connectivity index (χ0v) is 14.0. The van der Waals surface area contributed by atoms with E-state index in [0.29, 0.717) is 23.0 Å². The van der Waals surface area contributed by atoms with Gasteiger partial charge in [-0.3, -0.25) is 9.59 Å². The number of fused-ring (bicyclic) bond motifs is 1. The van der Waals surface area contributed by atoms with Gasteiger partial charge in [-0.1, -0.05) is 11.6 Å². The maximum Gasteiger partial charge on any atom is 0.238 e. The Morgan fingerprint density at radius 1 is 1.43 bits per heavy atom. The average Bonchev–Trinajstić information content (AvgIpc) is 3.01. The quantitative estimate of drug-likeness (QED) is 0.918. The van der Waals surface area contributed by atoms with Crippen molar-refractivity contribution >= 4 is 40.9 Å². The number of halogens is 1. The minimum atomic E-state index is -0.449. The van der Waals surface area contributed by atoms with Gasteiger partial charge in [-0.05, 0) is 30.3 Å². The van der Waals surface area contributed by atoms with Gasteiger partial charge in [-0.25, -0.2) is 0 Å². The second-order valence-electron chi connectivity index (χ2n) is 5.27. The molecule has 5 nitrogen and oxygen atoms in total. The van der Waals surface area contributed by atoms with E-state index < -0.39 is 5.25 Å². The molecule has 0 bridgehead atoms. The Labute approximate surface area is 143 Å². The molecule has 0 saturated carbocycles. The number of thioether (sulfide) groups is 1. The number of carbonyl (C=O) groups excluding carboxylic acids is 2. The van der Waals surface area contributed by atoms with Gasteiger partial charge in [0, 0.05) is 23.4 Å². The fourth-order valence-electron chi connectivity index (χ4n) is 2.30. The smallest absolute Gasteiger partial charge is 0.238 e. The number of carbonyl (C=O) groups is 2. The highest BCUT2D eigenvalue weighted by Gasteiger charge is 2.30. The highest BCUT2D eigenvalue weighted by atomic mass is 35.5. The monoisotopic (exact) mass is 350 g/mol. The van der Waals surface area contributed by atoms with Crippen molar-refractivity contribution in [2.24, 2.45) is 0 Å². The minimum absolute atomic E-state index is 0.105. The fraction of sp³-hybridized carbons (Fsp3) is 0.250. The minimum Gasteiger partial charge on any atom is -0.467 e. The van der Waals surface area contributed by atoms with Crippen molar-refractivity contribution in [3.63, 3.8) is 0 Å². The summed E-state index contributed by atoms with van der Waals surface area (Å²) in [5.41, 5.74) is 0.695. The molecule has 1 atom stereocenters. The molecule has 0 fully saturated rings. The van der Waals surface area contributed by atoms with Crippen LogP contribution in [0.5, 0.6) is 0 Å². The fourth-order valence-corrected chi connectivity index (χ4v) is 3.55. The predicted octanol–water partition coefficient (Wildman–Crippen LogP) is 3.39. The van der Waals surface area contributed by atoms with Crippen LogP contribution in [-0.4, -0.2) is 29.0 Å². The normalized spacial score (nSPS) is 16.6. The Morgan fingerprint density at radius 2 is 2.26 bits per heavy atom. The van der Waals surface area contributed by atoms with Gasteiger partial charge < -0.3 is 14.6 Å². The van der Waals surface area contributed by atoms with E-state index in [9.17, 15) is 9.59 Å². The second kappa shape index (κ2) is 6.68. The van der Waals surface area contributed by atoms with Crippen LogP contribution in [-0.2, 0) is 16.1 Å². The first-order valence-corrected chi connectivity index (χ1v) is 8.32. The number of nitrogens with zero attached hydrogens (tertiary/aromatic N) is 1. The van der Waals surface area contributed by atoms with Crippen molar-refractivity contribution < 1.29 is 14.0 Å². The third kappa shape index (κ3) is 3.71. The van der Waals surface area contributed by atoms with Crippen LogP contribution in [0.25, 0.3) is 0 Å². The summed E-state index contributed by atoms with van der Waals surface area (Å²) in [6, 6.07) is 8.92. The number of anilines is 1. The van der Waals surface area contributed by atoms with Crippen LogP contribution in [0, 0.1) is 0 Å². The molecular formula is C16H15ClN2O3S. The number of benzene rings is 1. The number of furan rings is 1. The summed E-state index contributed by atoms with van der Waals surface area (Å²) in [6.07, 6.45) is 1.70. The Morgan fingerprint density at radius 3 is 3.00 bits per heavy atom. The summed E-state index contributed by atoms with van der Waals surface area (Å²) in [4.78, 5) is 27.0. The van der Waals surface area contributed by atoms with E-state index in [1.165, 1.54) is 11.8 Å². The first-order valence-electron chi connectivity index (χ1n) is 7.06. The number of nitrogens with one attached hydrogen (secondary N) is 1. The maximum absolute atomic E-state index is 12.3. The lowest BCUT2D eigenvalue weighted by atomic mass is 10.2. The molecule has 2 heterocycles. The van der Waals surface area contributed by atoms with Crippen molar-refractivity contribution in [3.05, 3.63) is 47.4 Å². The molecule has 0 radical (unpaired) electrons. The molecule has 0 spiro atoms. The Bertz CT molecular complexity index is 733. The van der Waals surface area contributed by atoms with Crippen molar-refractivity contribution in [2.75, 3.05) is 12.4 Å². The van der Waals surface area contributed by atoms with E-state index in [0.717, 1.165) is 4.90 Å². The molecule has 1 aliphatic heterocycles. The standard InChI is InChI=1S/C16H15ClN2O3S/c1-19(9-11-3-2-6-22-11)15(20)8-14-16(21)18-12-7-10(17)4-5-13(12)23-14/h2-7,14H,8-9H2,1H3,(H,18,21). The van der Waals surface area contributed by atoms with Crippen LogP contribution in [0.2, 0.25) is 5.02 Å². The van der Waals surface area contributed by atoms with Crippen LogP contribution < -0.4 is 5.32 Å². The molecule has 120 valence electrons. The molecule has 1 aromatic carbocycles. The zero-order chi connectivity index (χ0) is 16.4. The highest BCUT2D eigenvalue weighted by molar-refractivity contribution is 8.01. The second-order valence-corrected chi connectivity index (χ2v) is 6.95. The zero-order valence-electron chi connectivity index (χ0n) is 12.4. The third-order valence-electron chi connectivity index (χ3n) is 3.52. The number of hydrogen-bond acceptors (Lipinski definition) is 4. The van der Waals surface area contributed by atoms with Gasteiger partial charge in [0.05, 0.1) is 23.7 Å². The average molecular weight is 351 g/mol. The molecule has 1 N–H and O–H groups in total. The summed E-state index contributed by atoms with van der Waals surface area (Å²) >= 11 is 7.31. The molecule has 23 heavy (non-hydrogen) atoms. The van der Waals surface area contributed by atoms with Gasteiger partial charge in [0.15, 0.2) is 0 Å². The van der Waals surface area contributed by atoms with E-state index in [2.05, 4.69) is 5.32 Å². The number of hydrogen-bond donors (Lipinski definition) is 1. The van der Waals surface area contributed by atoms with Gasteiger partial charge in [0.2, 0.25) is 11.8 Å². The molecule has 1 aromatic heterocycles. The van der Waals surface area contributed by atoms with E-state index >= 15 is 0 Å². The van der Waals surface area contributed by atoms with Crippen LogP contribution >= 0.6 is 23.4 Å². The molecule has 2 amide bonds. The first-order chi connectivity index (χ1) is 11.0. The third-order valence-corrected chi connectivity index (χ3v) is 5.03. The highest BCUT2D eigenvalue weighted by Crippen LogP contribution is 2.38. The van der Waals surface area contributed by atoms with Crippen LogP contribution in [0.1, 0.15) is 12.2 Å². The molecular weight excluding hydrogens is 336 g/mol. The Kier molecular flexibility index (Phi) is 4.63. The van der Waals surface area contributed by atoms with Gasteiger partial charge >= 0.3 is 0 Å². The van der Waals surface area contributed by atoms with E-state index in [-0.39, 0.29) is 18.2 Å². The molecule has 1 aliphatic rings. The number of rotatable bonds is 4. The van der Waals surface area contributed by atoms with Gasteiger partial charge in [-0.2, -0.15) is 0 Å². The van der Waals surface area contributed by atoms with Crippen molar-refractivity contribution in [1.29, 1.82) is 0 Å². The Hall–Kier alpha value is -1.92. The summed E-state index contributed by atoms with van der Waals surface area (Å²) in [6.45, 7) is 0.386. The molecule has 1 unspecified atom stereocenters. The van der Waals surface area contributed by atoms with Gasteiger partial charge in [-0.15, -0.1) is 11.8 Å². The van der Waals surface area contributed by atoms with E-state index in [1.54, 1.807) is 36.4 Å². The van der Waals surface area contributed by atoms with Crippen molar-refractivity contribution in [2.45, 2.75) is 23.1 Å². The van der Waals surface area contributed by atoms with Crippen LogP contribution in [0.15, 0.2) is 45.9 Å². The predicted molar refractivity (Wildman–Crippen MR) is 89.5 cm³/mol. The first kappa shape index (κ1) is 16.0. The number of amides is 2. The van der Waals surface area contributed by atoms with E-state index in [4.69, 9.17) is 16.0 Å². The molecule has 2 aromatic rings. The lowest BCUT2D eigenvalue weighted by Crippen LogP contribution is -2.35. The van der Waals surface area contributed by atoms with Gasteiger partial charge in [0.25, 0.3) is 0 Å².